The highest BCUT2D eigenvalue weighted by Gasteiger charge is 2.23. The van der Waals surface area contributed by atoms with Gasteiger partial charge in [0.25, 0.3) is 0 Å². The van der Waals surface area contributed by atoms with Gasteiger partial charge in [0.2, 0.25) is 0 Å². The summed E-state index contributed by atoms with van der Waals surface area (Å²) in [5.41, 5.74) is 2.87. The van der Waals surface area contributed by atoms with Gasteiger partial charge in [-0.1, -0.05) is 31.2 Å². The lowest BCUT2D eigenvalue weighted by molar-refractivity contribution is -0.0527. The predicted molar refractivity (Wildman–Crippen MR) is 83.7 cm³/mol. The molecule has 1 aliphatic rings. The minimum absolute atomic E-state index is 0.344. The van der Waals surface area contributed by atoms with Crippen molar-refractivity contribution in [3.05, 3.63) is 35.4 Å². The fourth-order valence-corrected chi connectivity index (χ4v) is 2.70. The molecule has 20 heavy (non-hydrogen) atoms. The van der Waals surface area contributed by atoms with Crippen LogP contribution in [-0.2, 0) is 17.8 Å². The molecule has 1 aromatic rings. The second-order valence-corrected chi connectivity index (χ2v) is 5.87. The lowest BCUT2D eigenvalue weighted by atomic mass is 10.1. The zero-order chi connectivity index (χ0) is 14.4. The van der Waals surface area contributed by atoms with E-state index in [4.69, 9.17) is 4.74 Å². The Hall–Kier alpha value is -0.900. The van der Waals surface area contributed by atoms with Crippen LogP contribution >= 0.6 is 0 Å². The van der Waals surface area contributed by atoms with Gasteiger partial charge in [-0.2, -0.15) is 0 Å². The van der Waals surface area contributed by atoms with Crippen LogP contribution in [0.25, 0.3) is 0 Å². The second-order valence-electron chi connectivity index (χ2n) is 5.87. The summed E-state index contributed by atoms with van der Waals surface area (Å²) in [6.45, 7) is 11.6. The summed E-state index contributed by atoms with van der Waals surface area (Å²) in [4.78, 5) is 2.53. The van der Waals surface area contributed by atoms with Gasteiger partial charge in [-0.05, 0) is 37.9 Å². The first-order chi connectivity index (χ1) is 9.70. The number of nitrogens with zero attached hydrogens (tertiary/aromatic N) is 1. The van der Waals surface area contributed by atoms with Crippen LogP contribution in [0.1, 0.15) is 38.3 Å². The minimum atomic E-state index is 0.344. The van der Waals surface area contributed by atoms with Crippen LogP contribution in [0.4, 0.5) is 0 Å². The van der Waals surface area contributed by atoms with Crippen molar-refractivity contribution in [3.8, 4) is 0 Å². The largest absolute Gasteiger partial charge is 0.376 e. The molecule has 0 aliphatic carbocycles. The van der Waals surface area contributed by atoms with E-state index < -0.39 is 0 Å². The zero-order valence-electron chi connectivity index (χ0n) is 13.1. The second kappa shape index (κ2) is 7.77. The van der Waals surface area contributed by atoms with Crippen LogP contribution in [-0.4, -0.2) is 36.7 Å². The predicted octanol–water partition coefficient (Wildman–Crippen LogP) is 2.80. The van der Waals surface area contributed by atoms with Gasteiger partial charge >= 0.3 is 0 Å². The molecule has 0 amide bonds. The minimum Gasteiger partial charge on any atom is -0.376 e. The topological polar surface area (TPSA) is 24.5 Å². The first-order valence-electron chi connectivity index (χ1n) is 7.83. The summed E-state index contributed by atoms with van der Waals surface area (Å²) in [5, 5.41) is 3.51. The molecule has 1 aromatic carbocycles. The molecule has 0 bridgehead atoms. The molecule has 2 atom stereocenters. The van der Waals surface area contributed by atoms with Crippen LogP contribution in [0.15, 0.2) is 24.3 Å². The number of benzene rings is 1. The van der Waals surface area contributed by atoms with E-state index in [2.05, 4.69) is 55.3 Å². The maximum atomic E-state index is 5.71. The van der Waals surface area contributed by atoms with Gasteiger partial charge in [-0.15, -0.1) is 0 Å². The molecule has 0 spiro atoms. The smallest absolute Gasteiger partial charge is 0.0674 e. The third-order valence-corrected chi connectivity index (χ3v) is 3.97. The number of ether oxygens (including phenoxy) is 1. The van der Waals surface area contributed by atoms with Gasteiger partial charge in [0.05, 0.1) is 12.7 Å². The normalized spacial score (nSPS) is 23.9. The Kier molecular flexibility index (Phi) is 6.02. The SMILES string of the molecule is CCCNCc1ccccc1CN1CC(C)OCC1C. The van der Waals surface area contributed by atoms with E-state index in [-0.39, 0.29) is 0 Å². The molecular formula is C17H28N2O. The summed E-state index contributed by atoms with van der Waals surface area (Å²) in [7, 11) is 0. The highest BCUT2D eigenvalue weighted by atomic mass is 16.5. The van der Waals surface area contributed by atoms with Crippen molar-refractivity contribution in [1.82, 2.24) is 10.2 Å². The van der Waals surface area contributed by atoms with Crippen molar-refractivity contribution in [1.29, 1.82) is 0 Å². The summed E-state index contributed by atoms with van der Waals surface area (Å²) in [5.74, 6) is 0. The van der Waals surface area contributed by atoms with Crippen LogP contribution < -0.4 is 5.32 Å². The van der Waals surface area contributed by atoms with E-state index >= 15 is 0 Å². The molecule has 112 valence electrons. The van der Waals surface area contributed by atoms with Gasteiger partial charge in [-0.25, -0.2) is 0 Å². The fraction of sp³-hybridized carbons (Fsp3) is 0.647. The van der Waals surface area contributed by atoms with Crippen LogP contribution in [0.2, 0.25) is 0 Å². The zero-order valence-corrected chi connectivity index (χ0v) is 13.1. The molecule has 0 aromatic heterocycles. The van der Waals surface area contributed by atoms with Gasteiger partial charge in [0, 0.05) is 25.7 Å². The summed E-state index contributed by atoms with van der Waals surface area (Å²) in [6.07, 6.45) is 1.52. The molecule has 3 heteroatoms. The average Bonchev–Trinajstić information content (AvgIpc) is 2.45. The number of hydrogen-bond acceptors (Lipinski definition) is 3. The fourth-order valence-electron chi connectivity index (χ4n) is 2.70. The summed E-state index contributed by atoms with van der Waals surface area (Å²) < 4.78 is 5.71. The molecule has 3 nitrogen and oxygen atoms in total. The summed E-state index contributed by atoms with van der Waals surface area (Å²) >= 11 is 0. The lowest BCUT2D eigenvalue weighted by Crippen LogP contribution is -2.46. The van der Waals surface area contributed by atoms with E-state index in [1.165, 1.54) is 17.5 Å². The van der Waals surface area contributed by atoms with Gasteiger partial charge in [0.15, 0.2) is 0 Å². The Morgan fingerprint density at radius 2 is 2.00 bits per heavy atom. The molecule has 1 fully saturated rings. The molecule has 2 unspecified atom stereocenters. The van der Waals surface area contributed by atoms with Crippen molar-refractivity contribution < 1.29 is 4.74 Å². The molecule has 1 saturated heterocycles. The Morgan fingerprint density at radius 3 is 2.75 bits per heavy atom. The maximum Gasteiger partial charge on any atom is 0.0674 e. The van der Waals surface area contributed by atoms with Crippen LogP contribution in [0.3, 0.4) is 0 Å². The number of hydrogen-bond donors (Lipinski definition) is 1. The van der Waals surface area contributed by atoms with E-state index in [1.54, 1.807) is 0 Å². The van der Waals surface area contributed by atoms with Crippen molar-refractivity contribution >= 4 is 0 Å². The van der Waals surface area contributed by atoms with Gasteiger partial charge in [0.1, 0.15) is 0 Å². The molecule has 1 heterocycles. The number of rotatable bonds is 6. The van der Waals surface area contributed by atoms with Crippen molar-refractivity contribution in [2.75, 3.05) is 19.7 Å². The molecule has 0 radical (unpaired) electrons. The molecular weight excluding hydrogens is 248 g/mol. The molecule has 1 N–H and O–H groups in total. The number of morpholine rings is 1. The van der Waals surface area contributed by atoms with Gasteiger partial charge < -0.3 is 10.1 Å². The van der Waals surface area contributed by atoms with Crippen molar-refractivity contribution in [2.24, 2.45) is 0 Å². The Bertz CT molecular complexity index is 408. The summed E-state index contributed by atoms with van der Waals surface area (Å²) in [6, 6.07) is 9.29. The Labute approximate surface area is 123 Å². The monoisotopic (exact) mass is 276 g/mol. The Balaban J connectivity index is 2.00. The quantitative estimate of drug-likeness (QED) is 0.809. The van der Waals surface area contributed by atoms with Crippen molar-refractivity contribution in [2.45, 2.75) is 52.4 Å². The van der Waals surface area contributed by atoms with E-state index in [0.29, 0.717) is 12.1 Å². The maximum absolute atomic E-state index is 5.71. The average molecular weight is 276 g/mol. The van der Waals surface area contributed by atoms with Crippen LogP contribution in [0.5, 0.6) is 0 Å². The lowest BCUT2D eigenvalue weighted by Gasteiger charge is -2.37. The van der Waals surface area contributed by atoms with E-state index in [1.807, 2.05) is 0 Å². The number of nitrogens with one attached hydrogen (secondary N) is 1. The highest BCUT2D eigenvalue weighted by molar-refractivity contribution is 5.27. The van der Waals surface area contributed by atoms with E-state index in [0.717, 1.165) is 32.8 Å². The third kappa shape index (κ3) is 4.30. The van der Waals surface area contributed by atoms with Crippen molar-refractivity contribution in [3.63, 3.8) is 0 Å². The first kappa shape index (κ1) is 15.5. The van der Waals surface area contributed by atoms with Crippen LogP contribution in [0, 0.1) is 0 Å². The highest BCUT2D eigenvalue weighted by Crippen LogP contribution is 2.18. The molecule has 2 rings (SSSR count). The third-order valence-electron chi connectivity index (χ3n) is 3.97. The standard InChI is InChI=1S/C17H28N2O/c1-4-9-18-10-16-7-5-6-8-17(16)12-19-11-15(3)20-13-14(19)2/h5-8,14-15,18H,4,9-13H2,1-3H3. The molecule has 0 saturated carbocycles. The van der Waals surface area contributed by atoms with Gasteiger partial charge in [-0.3, -0.25) is 4.90 Å². The Morgan fingerprint density at radius 1 is 1.25 bits per heavy atom. The molecule has 1 aliphatic heterocycles. The first-order valence-corrected chi connectivity index (χ1v) is 7.83. The van der Waals surface area contributed by atoms with E-state index in [9.17, 15) is 0 Å².